The average Bonchev–Trinajstić information content (AvgIpc) is 3.16. The number of hydrogen-bond donors (Lipinski definition) is 1. The summed E-state index contributed by atoms with van der Waals surface area (Å²) >= 11 is 0. The summed E-state index contributed by atoms with van der Waals surface area (Å²) in [7, 11) is 1.89. The maximum Gasteiger partial charge on any atom is 0.225 e. The lowest BCUT2D eigenvalue weighted by Crippen LogP contribution is -2.27. The van der Waals surface area contributed by atoms with E-state index in [1.54, 1.807) is 17.1 Å². The molecular weight excluding hydrogens is 294 g/mol. The van der Waals surface area contributed by atoms with Crippen molar-refractivity contribution in [2.45, 2.75) is 25.5 Å². The Morgan fingerprint density at radius 3 is 3.00 bits per heavy atom. The van der Waals surface area contributed by atoms with E-state index >= 15 is 0 Å². The van der Waals surface area contributed by atoms with Crippen molar-refractivity contribution in [2.75, 3.05) is 18.5 Å². The van der Waals surface area contributed by atoms with Gasteiger partial charge in [-0.15, -0.1) is 0 Å². The van der Waals surface area contributed by atoms with Crippen LogP contribution in [0.3, 0.4) is 0 Å². The van der Waals surface area contributed by atoms with Gasteiger partial charge in [0, 0.05) is 32.3 Å². The predicted octanol–water partition coefficient (Wildman–Crippen LogP) is 1.75. The molecule has 0 spiro atoms. The van der Waals surface area contributed by atoms with E-state index in [2.05, 4.69) is 20.4 Å². The fourth-order valence-electron chi connectivity index (χ4n) is 2.87. The topological polar surface area (TPSA) is 73.6 Å². The lowest BCUT2D eigenvalue weighted by atomic mass is 10.1. The highest BCUT2D eigenvalue weighted by Crippen LogP contribution is 2.29. The number of nitrogens with one attached hydrogen (secondary N) is 1. The first-order valence-electron chi connectivity index (χ1n) is 7.82. The van der Waals surface area contributed by atoms with Crippen molar-refractivity contribution in [3.05, 3.63) is 35.8 Å². The van der Waals surface area contributed by atoms with E-state index in [0.29, 0.717) is 12.4 Å². The molecule has 2 aliphatic heterocycles. The third kappa shape index (κ3) is 2.92. The van der Waals surface area contributed by atoms with Crippen LogP contribution in [0.15, 0.2) is 29.6 Å². The second-order valence-corrected chi connectivity index (χ2v) is 5.77. The summed E-state index contributed by atoms with van der Waals surface area (Å²) < 4.78 is 13.3. The van der Waals surface area contributed by atoms with Crippen LogP contribution < -0.4 is 10.1 Å². The third-order valence-electron chi connectivity index (χ3n) is 4.06. The van der Waals surface area contributed by atoms with Gasteiger partial charge in [-0.05, 0) is 11.6 Å². The molecule has 4 rings (SSSR count). The largest absolute Gasteiger partial charge is 0.474 e. The smallest absolute Gasteiger partial charge is 0.225 e. The zero-order valence-corrected chi connectivity index (χ0v) is 13.0. The molecule has 0 aliphatic carbocycles. The summed E-state index contributed by atoms with van der Waals surface area (Å²) in [5.41, 5.74) is 3.00. The Morgan fingerprint density at radius 1 is 1.35 bits per heavy atom. The highest BCUT2D eigenvalue weighted by molar-refractivity contribution is 6.12. The van der Waals surface area contributed by atoms with Gasteiger partial charge in [-0.25, -0.2) is 4.98 Å². The van der Waals surface area contributed by atoms with Gasteiger partial charge in [0.05, 0.1) is 37.2 Å². The molecule has 0 saturated carbocycles. The third-order valence-corrected chi connectivity index (χ3v) is 4.06. The van der Waals surface area contributed by atoms with Crippen LogP contribution in [0.2, 0.25) is 0 Å². The number of anilines is 1. The number of nitrogens with zero attached hydrogens (tertiary/aromatic N) is 4. The van der Waals surface area contributed by atoms with Gasteiger partial charge in [-0.3, -0.25) is 9.67 Å². The van der Waals surface area contributed by atoms with Crippen LogP contribution in [0.25, 0.3) is 0 Å². The molecule has 0 bridgehead atoms. The molecule has 0 unspecified atom stereocenters. The fraction of sp³-hybridized carbons (Fsp3) is 0.438. The maximum atomic E-state index is 6.14. The van der Waals surface area contributed by atoms with E-state index in [-0.39, 0.29) is 6.10 Å². The predicted molar refractivity (Wildman–Crippen MR) is 85.8 cm³/mol. The van der Waals surface area contributed by atoms with Crippen LogP contribution >= 0.6 is 0 Å². The van der Waals surface area contributed by atoms with Gasteiger partial charge in [-0.1, -0.05) is 0 Å². The second-order valence-electron chi connectivity index (χ2n) is 5.77. The lowest BCUT2D eigenvalue weighted by molar-refractivity contribution is 0.0236. The van der Waals surface area contributed by atoms with Crippen LogP contribution in [-0.4, -0.2) is 39.9 Å². The van der Waals surface area contributed by atoms with Crippen LogP contribution in [0, 0.1) is 0 Å². The van der Waals surface area contributed by atoms with Crippen LogP contribution in [0.4, 0.5) is 5.69 Å². The minimum atomic E-state index is 0.156. The van der Waals surface area contributed by atoms with Crippen molar-refractivity contribution >= 4 is 11.5 Å². The lowest BCUT2D eigenvalue weighted by Gasteiger charge is -2.23. The number of pyridine rings is 1. The van der Waals surface area contributed by atoms with Gasteiger partial charge < -0.3 is 14.8 Å². The average molecular weight is 313 g/mol. The number of aliphatic imine (C=N–C) groups is 1. The summed E-state index contributed by atoms with van der Waals surface area (Å²) in [6.07, 6.45) is 7.42. The first-order valence-corrected chi connectivity index (χ1v) is 7.82. The molecular formula is C16H19N5O2. The summed E-state index contributed by atoms with van der Waals surface area (Å²) in [4.78, 5) is 9.02. The standard InChI is InChI=1S/C16H19N5O2/c1-21-10-12(9-19-21)20-15-14-11(8-18-15)2-5-17-16(14)23-13-3-6-22-7-4-13/h2,5,9-10,13H,3-4,6-8H2,1H3,(H,18,20). The number of hydrogen-bond acceptors (Lipinski definition) is 6. The van der Waals surface area contributed by atoms with E-state index < -0.39 is 0 Å². The zero-order valence-electron chi connectivity index (χ0n) is 13.0. The molecule has 0 atom stereocenters. The molecule has 1 N–H and O–H groups in total. The molecule has 0 radical (unpaired) electrons. The van der Waals surface area contributed by atoms with Gasteiger partial charge in [-0.2, -0.15) is 5.10 Å². The first-order chi connectivity index (χ1) is 11.3. The van der Waals surface area contributed by atoms with Crippen molar-refractivity contribution in [3.8, 4) is 5.88 Å². The molecule has 2 aliphatic rings. The van der Waals surface area contributed by atoms with Gasteiger partial charge >= 0.3 is 0 Å². The summed E-state index contributed by atoms with van der Waals surface area (Å²) in [6, 6.07) is 1.99. The van der Waals surface area contributed by atoms with Gasteiger partial charge in [0.2, 0.25) is 5.88 Å². The van der Waals surface area contributed by atoms with Crippen LogP contribution in [-0.2, 0) is 18.3 Å². The fourth-order valence-corrected chi connectivity index (χ4v) is 2.87. The Kier molecular flexibility index (Phi) is 3.70. The quantitative estimate of drug-likeness (QED) is 0.934. The normalized spacial score (nSPS) is 17.7. The molecule has 120 valence electrons. The number of aryl methyl sites for hydroxylation is 1. The van der Waals surface area contributed by atoms with Gasteiger partial charge in [0.1, 0.15) is 11.9 Å². The molecule has 2 aromatic rings. The Hall–Kier alpha value is -2.41. The SMILES string of the molecule is Cn1cc(NC2=NCc3ccnc(OC4CCOCC4)c32)cn1. The Bertz CT molecular complexity index is 734. The van der Waals surface area contributed by atoms with Crippen molar-refractivity contribution < 1.29 is 9.47 Å². The Balaban J connectivity index is 1.58. The first kappa shape index (κ1) is 14.2. The molecule has 7 heteroatoms. The van der Waals surface area contributed by atoms with E-state index in [1.807, 2.05) is 19.3 Å². The highest BCUT2D eigenvalue weighted by atomic mass is 16.5. The van der Waals surface area contributed by atoms with E-state index in [4.69, 9.17) is 9.47 Å². The van der Waals surface area contributed by atoms with Gasteiger partial charge in [0.15, 0.2) is 0 Å². The van der Waals surface area contributed by atoms with Crippen LogP contribution in [0.1, 0.15) is 24.0 Å². The van der Waals surface area contributed by atoms with E-state index in [9.17, 15) is 0 Å². The van der Waals surface area contributed by atoms with E-state index in [0.717, 1.165) is 48.7 Å². The number of fused-ring (bicyclic) bond motifs is 1. The summed E-state index contributed by atoms with van der Waals surface area (Å²) in [5.74, 6) is 1.45. The number of aromatic nitrogens is 3. The number of amidine groups is 1. The minimum absolute atomic E-state index is 0.156. The molecule has 0 aromatic carbocycles. The van der Waals surface area contributed by atoms with Crippen molar-refractivity contribution in [1.82, 2.24) is 14.8 Å². The molecule has 0 amide bonds. The van der Waals surface area contributed by atoms with Crippen molar-refractivity contribution in [2.24, 2.45) is 12.0 Å². The van der Waals surface area contributed by atoms with Crippen molar-refractivity contribution in [1.29, 1.82) is 0 Å². The van der Waals surface area contributed by atoms with Crippen molar-refractivity contribution in [3.63, 3.8) is 0 Å². The molecule has 1 fully saturated rings. The Labute approximate surface area is 134 Å². The summed E-state index contributed by atoms with van der Waals surface area (Å²) in [6.45, 7) is 2.13. The molecule has 4 heterocycles. The van der Waals surface area contributed by atoms with E-state index in [1.165, 1.54) is 0 Å². The number of ether oxygens (including phenoxy) is 2. The Morgan fingerprint density at radius 2 is 2.22 bits per heavy atom. The summed E-state index contributed by atoms with van der Waals surface area (Å²) in [5, 5.41) is 7.49. The zero-order chi connectivity index (χ0) is 15.6. The maximum absolute atomic E-state index is 6.14. The minimum Gasteiger partial charge on any atom is -0.474 e. The molecule has 7 nitrogen and oxygen atoms in total. The van der Waals surface area contributed by atoms with Gasteiger partial charge in [0.25, 0.3) is 0 Å². The monoisotopic (exact) mass is 313 g/mol. The molecule has 23 heavy (non-hydrogen) atoms. The number of rotatable bonds is 3. The highest BCUT2D eigenvalue weighted by Gasteiger charge is 2.25. The molecule has 1 saturated heterocycles. The second kappa shape index (κ2) is 6.00. The van der Waals surface area contributed by atoms with Crippen LogP contribution in [0.5, 0.6) is 5.88 Å². The molecule has 2 aromatic heterocycles.